The molecule has 0 saturated carbocycles. The highest BCUT2D eigenvalue weighted by Gasteiger charge is 2.07. The Bertz CT molecular complexity index is 779. The number of aryl methyl sites for hydroxylation is 1. The molecule has 0 unspecified atom stereocenters. The van der Waals surface area contributed by atoms with Crippen molar-refractivity contribution in [1.29, 1.82) is 0 Å². The molecule has 0 spiro atoms. The van der Waals surface area contributed by atoms with Gasteiger partial charge in [-0.25, -0.2) is 0 Å². The first kappa shape index (κ1) is 13.3. The lowest BCUT2D eigenvalue weighted by Crippen LogP contribution is -2.01. The summed E-state index contributed by atoms with van der Waals surface area (Å²) < 4.78 is 0. The van der Waals surface area contributed by atoms with Gasteiger partial charge in [-0.15, -0.1) is 0 Å². The molecule has 104 valence electrons. The molecule has 2 N–H and O–H groups in total. The van der Waals surface area contributed by atoms with Crippen molar-refractivity contribution in [3.05, 3.63) is 71.9 Å². The Balaban J connectivity index is 1.73. The molecule has 2 aromatic carbocycles. The van der Waals surface area contributed by atoms with Gasteiger partial charge in [0.05, 0.1) is 5.52 Å². The van der Waals surface area contributed by atoms with Gasteiger partial charge in [-0.05, 0) is 48.4 Å². The first-order valence-corrected chi connectivity index (χ1v) is 6.95. The molecular weight excluding hydrogens is 260 g/mol. The lowest BCUT2D eigenvalue weighted by atomic mass is 10.0. The molecular formula is C18H16N2O. The number of nitrogens with two attached hydrogens (primary N) is 1. The Morgan fingerprint density at radius 1 is 1.05 bits per heavy atom. The molecule has 0 bridgehead atoms. The summed E-state index contributed by atoms with van der Waals surface area (Å²) in [5.74, 6) is 0.151. The number of ketones is 1. The number of hydrogen-bond acceptors (Lipinski definition) is 3. The van der Waals surface area contributed by atoms with E-state index in [-0.39, 0.29) is 5.78 Å². The first-order chi connectivity index (χ1) is 10.2. The molecule has 0 saturated heterocycles. The zero-order chi connectivity index (χ0) is 14.7. The quantitative estimate of drug-likeness (QED) is 0.584. The number of Topliss-reactive ketones (excluding diaryl/α,β-unsaturated/α-hetero) is 1. The highest BCUT2D eigenvalue weighted by Crippen LogP contribution is 2.16. The van der Waals surface area contributed by atoms with Gasteiger partial charge in [0.15, 0.2) is 5.78 Å². The van der Waals surface area contributed by atoms with Gasteiger partial charge >= 0.3 is 0 Å². The number of nitrogens with zero attached hydrogens (tertiary/aromatic N) is 1. The van der Waals surface area contributed by atoms with Crippen LogP contribution in [0.3, 0.4) is 0 Å². The molecule has 0 atom stereocenters. The molecule has 0 aliphatic heterocycles. The molecule has 3 heteroatoms. The number of anilines is 1. The van der Waals surface area contributed by atoms with Crippen molar-refractivity contribution < 1.29 is 4.79 Å². The smallest absolute Gasteiger partial charge is 0.163 e. The summed E-state index contributed by atoms with van der Waals surface area (Å²) >= 11 is 0. The summed E-state index contributed by atoms with van der Waals surface area (Å²) in [5.41, 5.74) is 9.17. The number of rotatable bonds is 4. The van der Waals surface area contributed by atoms with Crippen LogP contribution in [0.4, 0.5) is 5.69 Å². The molecule has 0 aliphatic rings. The van der Waals surface area contributed by atoms with Crippen LogP contribution < -0.4 is 5.73 Å². The largest absolute Gasteiger partial charge is 0.399 e. The Morgan fingerprint density at radius 3 is 2.67 bits per heavy atom. The summed E-state index contributed by atoms with van der Waals surface area (Å²) in [7, 11) is 0. The number of hydrogen-bond donors (Lipinski definition) is 1. The van der Waals surface area contributed by atoms with Gasteiger partial charge in [0.25, 0.3) is 0 Å². The zero-order valence-corrected chi connectivity index (χ0v) is 11.6. The molecule has 21 heavy (non-hydrogen) atoms. The Hall–Kier alpha value is -2.68. The predicted molar refractivity (Wildman–Crippen MR) is 85.2 cm³/mol. The van der Waals surface area contributed by atoms with E-state index in [1.165, 1.54) is 0 Å². The summed E-state index contributed by atoms with van der Waals surface area (Å²) in [6, 6.07) is 17.2. The average Bonchev–Trinajstić information content (AvgIpc) is 2.53. The van der Waals surface area contributed by atoms with E-state index in [9.17, 15) is 4.79 Å². The van der Waals surface area contributed by atoms with Crippen molar-refractivity contribution in [3.8, 4) is 0 Å². The Morgan fingerprint density at radius 2 is 1.86 bits per heavy atom. The fourth-order valence-electron chi connectivity index (χ4n) is 2.34. The number of carbonyl (C=O) groups is 1. The monoisotopic (exact) mass is 276 g/mol. The maximum absolute atomic E-state index is 12.3. The van der Waals surface area contributed by atoms with Crippen LogP contribution in [0.2, 0.25) is 0 Å². The number of nitrogen functional groups attached to an aromatic ring is 1. The Labute approximate surface area is 123 Å². The van der Waals surface area contributed by atoms with Crippen molar-refractivity contribution in [1.82, 2.24) is 4.98 Å². The molecule has 3 nitrogen and oxygen atoms in total. The minimum absolute atomic E-state index is 0.151. The van der Waals surface area contributed by atoms with Gasteiger partial charge in [-0.2, -0.15) is 0 Å². The molecule has 1 aromatic heterocycles. The van der Waals surface area contributed by atoms with Crippen LogP contribution in [-0.2, 0) is 6.42 Å². The van der Waals surface area contributed by atoms with Crippen LogP contribution in [0.25, 0.3) is 10.9 Å². The molecule has 3 aromatic rings. The van der Waals surface area contributed by atoms with E-state index < -0.39 is 0 Å². The van der Waals surface area contributed by atoms with E-state index in [0.717, 1.165) is 34.1 Å². The second kappa shape index (κ2) is 5.75. The van der Waals surface area contributed by atoms with Gasteiger partial charge in [-0.1, -0.05) is 18.2 Å². The fraction of sp³-hybridized carbons (Fsp3) is 0.111. The van der Waals surface area contributed by atoms with E-state index in [4.69, 9.17) is 5.73 Å². The normalized spacial score (nSPS) is 10.7. The van der Waals surface area contributed by atoms with Crippen LogP contribution in [0.1, 0.15) is 22.3 Å². The van der Waals surface area contributed by atoms with E-state index in [1.54, 1.807) is 6.20 Å². The standard InChI is InChI=1S/C18H16N2O/c19-16-7-3-13(4-8-16)5-10-18(21)15-6-9-17-14(12-15)2-1-11-20-17/h1-4,6-9,11-12H,5,10,19H2. The highest BCUT2D eigenvalue weighted by atomic mass is 16.1. The summed E-state index contributed by atoms with van der Waals surface area (Å²) in [6.07, 6.45) is 2.98. The van der Waals surface area contributed by atoms with Crippen molar-refractivity contribution in [3.63, 3.8) is 0 Å². The number of carbonyl (C=O) groups excluding carboxylic acids is 1. The highest BCUT2D eigenvalue weighted by molar-refractivity contribution is 5.99. The van der Waals surface area contributed by atoms with E-state index in [2.05, 4.69) is 4.98 Å². The number of pyridine rings is 1. The van der Waals surface area contributed by atoms with Crippen LogP contribution in [0, 0.1) is 0 Å². The van der Waals surface area contributed by atoms with Gasteiger partial charge < -0.3 is 5.73 Å². The third-order valence-electron chi connectivity index (χ3n) is 3.55. The summed E-state index contributed by atoms with van der Waals surface area (Å²) in [4.78, 5) is 16.5. The topological polar surface area (TPSA) is 56.0 Å². The third-order valence-corrected chi connectivity index (χ3v) is 3.55. The molecule has 1 heterocycles. The zero-order valence-electron chi connectivity index (χ0n) is 11.6. The summed E-state index contributed by atoms with van der Waals surface area (Å²) in [5, 5.41) is 0.996. The minimum atomic E-state index is 0.151. The molecule has 0 fully saturated rings. The second-order valence-corrected chi connectivity index (χ2v) is 5.08. The van der Waals surface area contributed by atoms with Crippen molar-refractivity contribution in [2.45, 2.75) is 12.8 Å². The van der Waals surface area contributed by atoms with Crippen molar-refractivity contribution in [2.24, 2.45) is 0 Å². The first-order valence-electron chi connectivity index (χ1n) is 6.95. The molecule has 0 aliphatic carbocycles. The van der Waals surface area contributed by atoms with Crippen LogP contribution in [0.15, 0.2) is 60.8 Å². The van der Waals surface area contributed by atoms with E-state index >= 15 is 0 Å². The van der Waals surface area contributed by atoms with Crippen LogP contribution >= 0.6 is 0 Å². The lowest BCUT2D eigenvalue weighted by molar-refractivity contribution is 0.0983. The molecule has 0 amide bonds. The predicted octanol–water partition coefficient (Wildman–Crippen LogP) is 3.63. The number of benzene rings is 2. The van der Waals surface area contributed by atoms with Gasteiger partial charge in [0, 0.05) is 29.3 Å². The van der Waals surface area contributed by atoms with Gasteiger partial charge in [0.2, 0.25) is 0 Å². The average molecular weight is 276 g/mol. The van der Waals surface area contributed by atoms with Crippen molar-refractivity contribution in [2.75, 3.05) is 5.73 Å². The van der Waals surface area contributed by atoms with Crippen LogP contribution in [-0.4, -0.2) is 10.8 Å². The SMILES string of the molecule is Nc1ccc(CCC(=O)c2ccc3ncccc3c2)cc1. The van der Waals surface area contributed by atoms with E-state index in [1.807, 2.05) is 54.6 Å². The number of fused-ring (bicyclic) bond motifs is 1. The van der Waals surface area contributed by atoms with Crippen LogP contribution in [0.5, 0.6) is 0 Å². The maximum atomic E-state index is 12.3. The maximum Gasteiger partial charge on any atom is 0.163 e. The fourth-order valence-corrected chi connectivity index (χ4v) is 2.34. The molecule has 3 rings (SSSR count). The number of aromatic nitrogens is 1. The minimum Gasteiger partial charge on any atom is -0.399 e. The second-order valence-electron chi connectivity index (χ2n) is 5.08. The third kappa shape index (κ3) is 3.08. The summed E-state index contributed by atoms with van der Waals surface area (Å²) in [6.45, 7) is 0. The van der Waals surface area contributed by atoms with Crippen molar-refractivity contribution >= 4 is 22.4 Å². The molecule has 0 radical (unpaired) electrons. The Kier molecular flexibility index (Phi) is 3.65. The van der Waals surface area contributed by atoms with Gasteiger partial charge in [-0.3, -0.25) is 9.78 Å². The lowest BCUT2D eigenvalue weighted by Gasteiger charge is -2.04. The van der Waals surface area contributed by atoms with E-state index in [0.29, 0.717) is 6.42 Å². The van der Waals surface area contributed by atoms with Gasteiger partial charge in [0.1, 0.15) is 0 Å².